The number of fused-ring (bicyclic) bond motifs is 5. The SMILES string of the molecule is [2H]c1c([2H])c([2H])c2c(-c3c4ccccc4c(-c4oc5ccccc5c4-c4ccc5ncccc5c4)c4ccccc34)c([2H])c([2H])c([2H])c2c1[2H]. The van der Waals surface area contributed by atoms with E-state index in [1.165, 1.54) is 0 Å². The van der Waals surface area contributed by atoms with Gasteiger partial charge in [-0.1, -0.05) is 121 Å². The third-order valence-electron chi connectivity index (χ3n) is 8.21. The average molecular weight is 555 g/mol. The Kier molecular flexibility index (Phi) is 3.92. The first-order valence-corrected chi connectivity index (χ1v) is 14.1. The van der Waals surface area contributed by atoms with Crippen LogP contribution < -0.4 is 0 Å². The van der Waals surface area contributed by atoms with Gasteiger partial charge in [-0.05, 0) is 73.3 Å². The van der Waals surface area contributed by atoms with Crippen LogP contribution in [0, 0.1) is 0 Å². The first kappa shape index (κ1) is 17.9. The predicted octanol–water partition coefficient (Wildman–Crippen LogP) is 11.4. The number of hydrogen-bond donors (Lipinski definition) is 0. The van der Waals surface area contributed by atoms with Gasteiger partial charge in [-0.25, -0.2) is 0 Å². The zero-order valence-corrected chi connectivity index (χ0v) is 22.7. The Morgan fingerprint density at radius 1 is 0.512 bits per heavy atom. The summed E-state index contributed by atoms with van der Waals surface area (Å²) in [7, 11) is 0. The van der Waals surface area contributed by atoms with E-state index < -0.39 is 30.2 Å². The molecule has 0 spiro atoms. The molecule has 7 aromatic carbocycles. The normalized spacial score (nSPS) is 14.0. The van der Waals surface area contributed by atoms with Crippen LogP contribution in [0.2, 0.25) is 0 Å². The molecule has 9 aromatic rings. The minimum atomic E-state index is -0.481. The van der Waals surface area contributed by atoms with Crippen LogP contribution in [0.3, 0.4) is 0 Å². The van der Waals surface area contributed by atoms with Gasteiger partial charge in [-0.15, -0.1) is 0 Å². The highest BCUT2D eigenvalue weighted by molar-refractivity contribution is 6.24. The van der Waals surface area contributed by atoms with Crippen LogP contribution in [0.15, 0.2) is 156 Å². The topological polar surface area (TPSA) is 26.0 Å². The molecule has 0 bridgehead atoms. The van der Waals surface area contributed by atoms with Gasteiger partial charge in [-0.2, -0.15) is 0 Å². The molecule has 0 aliphatic heterocycles. The maximum Gasteiger partial charge on any atom is 0.144 e. The highest BCUT2D eigenvalue weighted by Gasteiger charge is 2.24. The van der Waals surface area contributed by atoms with E-state index in [9.17, 15) is 1.37 Å². The summed E-state index contributed by atoms with van der Waals surface area (Å²) in [6, 6.07) is 30.8. The molecule has 0 saturated heterocycles. The summed E-state index contributed by atoms with van der Waals surface area (Å²) in [5.74, 6) is 0.661. The van der Waals surface area contributed by atoms with Crippen molar-refractivity contribution < 1.29 is 14.0 Å². The van der Waals surface area contributed by atoms with Crippen LogP contribution in [0.1, 0.15) is 9.60 Å². The van der Waals surface area contributed by atoms with Gasteiger partial charge in [0.1, 0.15) is 11.3 Å². The first-order valence-electron chi connectivity index (χ1n) is 17.6. The van der Waals surface area contributed by atoms with E-state index in [4.69, 9.17) is 12.6 Å². The maximum atomic E-state index is 9.22. The fraction of sp³-hybridized carbons (Fsp3) is 0. The Labute approximate surface area is 258 Å². The molecule has 2 aromatic heterocycles. The van der Waals surface area contributed by atoms with E-state index in [1.54, 1.807) is 6.20 Å². The fourth-order valence-electron chi connectivity index (χ4n) is 6.38. The minimum Gasteiger partial charge on any atom is -0.455 e. The lowest BCUT2D eigenvalue weighted by molar-refractivity contribution is 0.634. The quantitative estimate of drug-likeness (QED) is 0.203. The molecule has 0 unspecified atom stereocenters. The van der Waals surface area contributed by atoms with Gasteiger partial charge < -0.3 is 4.42 Å². The molecular weight excluding hydrogens is 522 g/mol. The molecule has 0 saturated carbocycles. The molecule has 0 fully saturated rings. The molecule has 0 aliphatic rings. The zero-order chi connectivity index (χ0) is 34.4. The van der Waals surface area contributed by atoms with Crippen molar-refractivity contribution in [2.45, 2.75) is 0 Å². The molecule has 0 aliphatic carbocycles. The molecule has 2 heterocycles. The van der Waals surface area contributed by atoms with E-state index >= 15 is 0 Å². The largest absolute Gasteiger partial charge is 0.455 e. The number of benzene rings is 7. The number of furan rings is 1. The van der Waals surface area contributed by atoms with Crippen molar-refractivity contribution >= 4 is 54.2 Å². The van der Waals surface area contributed by atoms with Crippen molar-refractivity contribution in [2.75, 3.05) is 0 Å². The second kappa shape index (κ2) is 9.40. The molecule has 0 radical (unpaired) electrons. The van der Waals surface area contributed by atoms with Gasteiger partial charge in [0.2, 0.25) is 0 Å². The van der Waals surface area contributed by atoms with E-state index in [0.717, 1.165) is 60.1 Å². The van der Waals surface area contributed by atoms with Crippen LogP contribution in [0.25, 0.3) is 87.8 Å². The monoisotopic (exact) mass is 554 g/mol. The minimum absolute atomic E-state index is 0.0549. The van der Waals surface area contributed by atoms with Crippen molar-refractivity contribution in [1.82, 2.24) is 4.98 Å². The van der Waals surface area contributed by atoms with Crippen molar-refractivity contribution in [1.29, 1.82) is 0 Å². The fourth-order valence-corrected chi connectivity index (χ4v) is 6.38. The summed E-state index contributed by atoms with van der Waals surface area (Å²) < 4.78 is 68.0. The molecule has 0 atom stereocenters. The summed E-state index contributed by atoms with van der Waals surface area (Å²) >= 11 is 0. The Hall–Kier alpha value is -5.73. The number of para-hydroxylation sites is 1. The van der Waals surface area contributed by atoms with Crippen molar-refractivity contribution in [3.8, 4) is 33.6 Å². The van der Waals surface area contributed by atoms with Gasteiger partial charge in [-0.3, -0.25) is 4.98 Å². The smallest absolute Gasteiger partial charge is 0.144 e. The van der Waals surface area contributed by atoms with Crippen LogP contribution in [0.4, 0.5) is 0 Å². The summed E-state index contributed by atoms with van der Waals surface area (Å²) in [5.41, 5.74) is 5.07. The standard InChI is InChI=1S/C41H25NO/c1-2-14-29-26(11-1)12-9-20-30(29)39-31-15-3-5-17-33(31)40(34-18-6-4-16-32(34)39)41-38(35-19-7-8-21-37(35)43-41)28-22-23-36-27(25-28)13-10-24-42-36/h1-25H/i1D,2D,9D,11D,12D,14D,20D. The van der Waals surface area contributed by atoms with Gasteiger partial charge >= 0.3 is 0 Å². The maximum absolute atomic E-state index is 9.22. The third-order valence-corrected chi connectivity index (χ3v) is 8.21. The number of aromatic nitrogens is 1. The summed E-state index contributed by atoms with van der Waals surface area (Å²) in [5, 5.41) is 4.97. The molecule has 0 amide bonds. The Bertz CT molecular complexity index is 2850. The lowest BCUT2D eigenvalue weighted by atomic mass is 9.85. The Morgan fingerprint density at radius 2 is 1.19 bits per heavy atom. The molecular formula is C41H25NO. The second-order valence-electron chi connectivity index (χ2n) is 10.6. The second-order valence-corrected chi connectivity index (χ2v) is 10.6. The van der Waals surface area contributed by atoms with E-state index in [2.05, 4.69) is 17.1 Å². The van der Waals surface area contributed by atoms with Crippen LogP contribution in [-0.4, -0.2) is 4.98 Å². The van der Waals surface area contributed by atoms with Gasteiger partial charge in [0.05, 0.1) is 15.1 Å². The predicted molar refractivity (Wildman–Crippen MR) is 180 cm³/mol. The molecule has 9 rings (SSSR count). The number of nitrogens with zero attached hydrogens (tertiary/aromatic N) is 1. The Balaban J connectivity index is 1.47. The van der Waals surface area contributed by atoms with Crippen LogP contribution in [-0.2, 0) is 0 Å². The van der Waals surface area contributed by atoms with Gasteiger partial charge in [0.15, 0.2) is 0 Å². The first-order chi connectivity index (χ1) is 24.3. The summed E-state index contributed by atoms with van der Waals surface area (Å²) in [4.78, 5) is 4.52. The van der Waals surface area contributed by atoms with E-state index in [1.807, 2.05) is 91.0 Å². The van der Waals surface area contributed by atoms with Gasteiger partial charge in [0.25, 0.3) is 0 Å². The third kappa shape index (κ3) is 3.63. The number of pyridine rings is 1. The zero-order valence-electron chi connectivity index (χ0n) is 29.7. The number of rotatable bonds is 3. The molecule has 43 heavy (non-hydrogen) atoms. The van der Waals surface area contributed by atoms with E-state index in [-0.39, 0.29) is 28.4 Å². The molecule has 200 valence electrons. The van der Waals surface area contributed by atoms with Crippen molar-refractivity contribution in [2.24, 2.45) is 0 Å². The van der Waals surface area contributed by atoms with Crippen LogP contribution >= 0.6 is 0 Å². The lowest BCUT2D eigenvalue weighted by Gasteiger charge is -2.18. The van der Waals surface area contributed by atoms with Gasteiger partial charge in [0, 0.05) is 28.1 Å². The average Bonchev–Trinajstić information content (AvgIpc) is 3.53. The molecule has 2 nitrogen and oxygen atoms in total. The molecule has 0 N–H and O–H groups in total. The molecule has 2 heteroatoms. The Morgan fingerprint density at radius 3 is 1.98 bits per heavy atom. The van der Waals surface area contributed by atoms with Crippen LogP contribution in [0.5, 0.6) is 0 Å². The summed E-state index contributed by atoms with van der Waals surface area (Å²) in [6.07, 6.45) is 1.78. The summed E-state index contributed by atoms with van der Waals surface area (Å²) in [6.45, 7) is 0. The van der Waals surface area contributed by atoms with Crippen molar-refractivity contribution in [3.05, 3.63) is 152 Å². The van der Waals surface area contributed by atoms with E-state index in [0.29, 0.717) is 11.3 Å². The lowest BCUT2D eigenvalue weighted by Crippen LogP contribution is -1.92. The highest BCUT2D eigenvalue weighted by atomic mass is 16.3. The van der Waals surface area contributed by atoms with Crippen molar-refractivity contribution in [3.63, 3.8) is 0 Å². The highest BCUT2D eigenvalue weighted by Crippen LogP contribution is 2.49. The number of hydrogen-bond acceptors (Lipinski definition) is 2.